The maximum absolute atomic E-state index is 5.90. The first-order valence-corrected chi connectivity index (χ1v) is 9.93. The summed E-state index contributed by atoms with van der Waals surface area (Å²) in [6.45, 7) is 4.50. The number of benzene rings is 1. The third-order valence-electron chi connectivity index (χ3n) is 6.10. The summed E-state index contributed by atoms with van der Waals surface area (Å²) >= 11 is 5.90. The molecule has 1 aromatic carbocycles. The molecule has 2 heterocycles. The van der Waals surface area contributed by atoms with E-state index in [9.17, 15) is 0 Å². The number of likely N-dealkylation sites (N-methyl/N-ethyl adjacent to an activating group) is 1. The lowest BCUT2D eigenvalue weighted by molar-refractivity contribution is 0.236. The van der Waals surface area contributed by atoms with E-state index in [1.54, 1.807) is 0 Å². The van der Waals surface area contributed by atoms with Crippen LogP contribution in [0.4, 0.5) is 5.69 Å². The standard InChI is InChI=1S/C20H29N3S/c1-14-8-9-18-16(12-14)17-13-22(2)11-10-19(17)23(18)20(24)21-15-6-4-3-5-7-15/h8-9,12,15,17,19H,3-7,10-11,13H2,1-2H3,(H,21,24). The smallest absolute Gasteiger partial charge is 0.173 e. The number of piperidine rings is 1. The number of fused-ring (bicyclic) bond motifs is 3. The quantitative estimate of drug-likeness (QED) is 0.781. The highest BCUT2D eigenvalue weighted by Crippen LogP contribution is 2.45. The molecule has 0 spiro atoms. The second-order valence-corrected chi connectivity index (χ2v) is 8.33. The fourth-order valence-electron chi connectivity index (χ4n) is 4.84. The van der Waals surface area contributed by atoms with Gasteiger partial charge in [-0.2, -0.15) is 0 Å². The minimum atomic E-state index is 0.529. The first-order valence-electron chi connectivity index (χ1n) is 9.52. The molecule has 0 amide bonds. The van der Waals surface area contributed by atoms with Crippen LogP contribution in [0.25, 0.3) is 0 Å². The summed E-state index contributed by atoms with van der Waals surface area (Å²) in [5.41, 5.74) is 4.20. The molecule has 0 bridgehead atoms. The number of anilines is 1. The first kappa shape index (κ1) is 16.3. The molecule has 1 aliphatic carbocycles. The Bertz CT molecular complexity index is 623. The lowest BCUT2D eigenvalue weighted by atomic mass is 9.89. The third-order valence-corrected chi connectivity index (χ3v) is 6.42. The van der Waals surface area contributed by atoms with Crippen molar-refractivity contribution in [1.82, 2.24) is 10.2 Å². The predicted octanol–water partition coefficient (Wildman–Crippen LogP) is 3.81. The van der Waals surface area contributed by atoms with E-state index < -0.39 is 0 Å². The minimum absolute atomic E-state index is 0.529. The Kier molecular flexibility index (Phi) is 4.52. The summed E-state index contributed by atoms with van der Waals surface area (Å²) < 4.78 is 0. The van der Waals surface area contributed by atoms with E-state index in [1.807, 2.05) is 0 Å². The van der Waals surface area contributed by atoms with Crippen molar-refractivity contribution in [2.75, 3.05) is 25.0 Å². The van der Waals surface area contributed by atoms with Crippen LogP contribution in [0.5, 0.6) is 0 Å². The number of hydrogen-bond acceptors (Lipinski definition) is 2. The highest BCUT2D eigenvalue weighted by Gasteiger charge is 2.43. The van der Waals surface area contributed by atoms with Gasteiger partial charge in [0.05, 0.1) is 0 Å². The summed E-state index contributed by atoms with van der Waals surface area (Å²) in [6, 6.07) is 8.01. The number of hydrogen-bond donors (Lipinski definition) is 1. The molecule has 2 fully saturated rings. The van der Waals surface area contributed by atoms with Crippen LogP contribution in [0, 0.1) is 6.92 Å². The summed E-state index contributed by atoms with van der Waals surface area (Å²) in [7, 11) is 2.24. The van der Waals surface area contributed by atoms with Gasteiger partial charge in [0.25, 0.3) is 0 Å². The number of nitrogens with one attached hydrogen (secondary N) is 1. The molecule has 1 saturated carbocycles. The summed E-state index contributed by atoms with van der Waals surface area (Å²) in [4.78, 5) is 4.92. The Morgan fingerprint density at radius 3 is 2.75 bits per heavy atom. The maximum atomic E-state index is 5.90. The normalized spacial score (nSPS) is 27.7. The van der Waals surface area contributed by atoms with Gasteiger partial charge >= 0.3 is 0 Å². The van der Waals surface area contributed by atoms with Gasteiger partial charge < -0.3 is 15.1 Å². The van der Waals surface area contributed by atoms with Crippen LogP contribution >= 0.6 is 12.2 Å². The van der Waals surface area contributed by atoms with Crippen LogP contribution < -0.4 is 10.2 Å². The molecule has 4 heteroatoms. The Morgan fingerprint density at radius 2 is 1.96 bits per heavy atom. The Balaban J connectivity index is 1.60. The molecule has 2 atom stereocenters. The monoisotopic (exact) mass is 343 g/mol. The van der Waals surface area contributed by atoms with Crippen LogP contribution in [0.15, 0.2) is 18.2 Å². The molecular weight excluding hydrogens is 314 g/mol. The molecular formula is C20H29N3S. The van der Waals surface area contributed by atoms with E-state index >= 15 is 0 Å². The molecule has 2 aliphatic heterocycles. The van der Waals surface area contributed by atoms with E-state index in [0.717, 1.165) is 18.2 Å². The molecule has 2 unspecified atom stereocenters. The van der Waals surface area contributed by atoms with Gasteiger partial charge in [0.1, 0.15) is 0 Å². The number of likely N-dealkylation sites (tertiary alicyclic amines) is 1. The van der Waals surface area contributed by atoms with Crippen molar-refractivity contribution in [3.8, 4) is 0 Å². The van der Waals surface area contributed by atoms with Crippen molar-refractivity contribution in [3.05, 3.63) is 29.3 Å². The van der Waals surface area contributed by atoms with Crippen LogP contribution in [-0.2, 0) is 0 Å². The average molecular weight is 344 g/mol. The zero-order chi connectivity index (χ0) is 16.7. The van der Waals surface area contributed by atoms with Gasteiger partial charge in [0, 0.05) is 30.2 Å². The van der Waals surface area contributed by atoms with Gasteiger partial charge in [-0.1, -0.05) is 37.0 Å². The second kappa shape index (κ2) is 6.64. The number of thiocarbonyl (C=S) groups is 1. The van der Waals surface area contributed by atoms with Crippen LogP contribution in [-0.4, -0.2) is 42.2 Å². The topological polar surface area (TPSA) is 18.5 Å². The Hall–Kier alpha value is -1.13. The fourth-order valence-corrected chi connectivity index (χ4v) is 5.24. The van der Waals surface area contributed by atoms with Gasteiger partial charge in [0.15, 0.2) is 5.11 Å². The Morgan fingerprint density at radius 1 is 1.17 bits per heavy atom. The van der Waals surface area contributed by atoms with Crippen molar-refractivity contribution < 1.29 is 0 Å². The van der Waals surface area contributed by atoms with Gasteiger partial charge in [-0.15, -0.1) is 0 Å². The predicted molar refractivity (Wildman–Crippen MR) is 105 cm³/mol. The molecule has 130 valence electrons. The van der Waals surface area contributed by atoms with Gasteiger partial charge in [-0.25, -0.2) is 0 Å². The molecule has 1 aromatic rings. The second-order valence-electron chi connectivity index (χ2n) is 7.94. The molecule has 1 saturated heterocycles. The summed E-state index contributed by atoms with van der Waals surface area (Å²) in [5, 5.41) is 4.67. The van der Waals surface area contributed by atoms with Crippen LogP contribution in [0.2, 0.25) is 0 Å². The van der Waals surface area contributed by atoms with E-state index in [-0.39, 0.29) is 0 Å². The van der Waals surface area contributed by atoms with Gasteiger partial charge in [0.2, 0.25) is 0 Å². The van der Waals surface area contributed by atoms with Crippen LogP contribution in [0.1, 0.15) is 55.6 Å². The van der Waals surface area contributed by atoms with E-state index in [0.29, 0.717) is 18.0 Å². The highest BCUT2D eigenvalue weighted by molar-refractivity contribution is 7.80. The van der Waals surface area contributed by atoms with Crippen molar-refractivity contribution in [2.24, 2.45) is 0 Å². The van der Waals surface area contributed by atoms with E-state index in [2.05, 4.69) is 47.3 Å². The lowest BCUT2D eigenvalue weighted by Crippen LogP contribution is -2.52. The minimum Gasteiger partial charge on any atom is -0.360 e. The molecule has 3 aliphatic rings. The van der Waals surface area contributed by atoms with Crippen molar-refractivity contribution in [2.45, 2.75) is 63.5 Å². The molecule has 24 heavy (non-hydrogen) atoms. The molecule has 4 rings (SSSR count). The molecule has 0 aromatic heterocycles. The number of nitrogens with zero attached hydrogens (tertiary/aromatic N) is 2. The zero-order valence-electron chi connectivity index (χ0n) is 14.9. The lowest BCUT2D eigenvalue weighted by Gasteiger charge is -2.38. The van der Waals surface area contributed by atoms with Crippen molar-refractivity contribution >= 4 is 23.0 Å². The Labute approximate surface area is 151 Å². The largest absolute Gasteiger partial charge is 0.360 e. The zero-order valence-corrected chi connectivity index (χ0v) is 15.7. The summed E-state index contributed by atoms with van der Waals surface area (Å²) in [5.74, 6) is 0.588. The number of rotatable bonds is 1. The van der Waals surface area contributed by atoms with Gasteiger partial charge in [-0.05, 0) is 63.6 Å². The van der Waals surface area contributed by atoms with Crippen molar-refractivity contribution in [1.29, 1.82) is 0 Å². The third kappa shape index (κ3) is 2.95. The average Bonchev–Trinajstić information content (AvgIpc) is 2.89. The molecule has 1 N–H and O–H groups in total. The fraction of sp³-hybridized carbons (Fsp3) is 0.650. The SMILES string of the molecule is Cc1ccc2c(c1)C1CN(C)CCC1N2C(=S)NC1CCCCC1. The van der Waals surface area contributed by atoms with E-state index in [1.165, 1.54) is 55.3 Å². The summed E-state index contributed by atoms with van der Waals surface area (Å²) in [6.07, 6.45) is 7.80. The maximum Gasteiger partial charge on any atom is 0.173 e. The van der Waals surface area contributed by atoms with Crippen LogP contribution in [0.3, 0.4) is 0 Å². The van der Waals surface area contributed by atoms with E-state index in [4.69, 9.17) is 12.2 Å². The molecule has 3 nitrogen and oxygen atoms in total. The van der Waals surface area contributed by atoms with Crippen molar-refractivity contribution in [3.63, 3.8) is 0 Å². The number of aryl methyl sites for hydroxylation is 1. The molecule has 0 radical (unpaired) electrons. The highest BCUT2D eigenvalue weighted by atomic mass is 32.1. The first-order chi connectivity index (χ1) is 11.6. The van der Waals surface area contributed by atoms with Gasteiger partial charge in [-0.3, -0.25) is 0 Å².